The van der Waals surface area contributed by atoms with Crippen LogP contribution in [0.4, 0.5) is 5.69 Å². The van der Waals surface area contributed by atoms with E-state index in [9.17, 15) is 14.4 Å². The van der Waals surface area contributed by atoms with E-state index in [1.165, 1.54) is 4.68 Å². The molecule has 0 aliphatic carbocycles. The van der Waals surface area contributed by atoms with Gasteiger partial charge < -0.3 is 14.4 Å². The molecular formula is C27H25ClN4O5. The lowest BCUT2D eigenvalue weighted by molar-refractivity contribution is -0.121. The third-order valence-corrected chi connectivity index (χ3v) is 7.39. The average molecular weight is 521 g/mol. The first kappa shape index (κ1) is 23.4. The number of likely N-dealkylation sites (tertiary alicyclic amines) is 1. The Morgan fingerprint density at radius 2 is 1.78 bits per heavy atom. The molecule has 2 aromatic carbocycles. The minimum Gasteiger partial charge on any atom is -0.454 e. The number of halogens is 1. The van der Waals surface area contributed by atoms with Gasteiger partial charge in [0.25, 0.3) is 17.4 Å². The second kappa shape index (κ2) is 8.85. The van der Waals surface area contributed by atoms with Crippen molar-refractivity contribution in [1.82, 2.24) is 14.7 Å². The Bertz CT molecular complexity index is 1540. The number of benzene rings is 2. The summed E-state index contributed by atoms with van der Waals surface area (Å²) in [5.41, 5.74) is 1.49. The number of fused-ring (bicyclic) bond motifs is 1. The van der Waals surface area contributed by atoms with Gasteiger partial charge in [0, 0.05) is 29.4 Å². The molecule has 0 bridgehead atoms. The van der Waals surface area contributed by atoms with Crippen LogP contribution in [0.5, 0.6) is 11.5 Å². The molecule has 1 N–H and O–H groups in total. The lowest BCUT2D eigenvalue weighted by Crippen LogP contribution is -2.41. The van der Waals surface area contributed by atoms with Gasteiger partial charge in [0.05, 0.1) is 22.5 Å². The molecule has 0 radical (unpaired) electrons. The molecular weight excluding hydrogens is 496 g/mol. The zero-order valence-corrected chi connectivity index (χ0v) is 21.2. The number of aromatic nitrogens is 2. The first-order chi connectivity index (χ1) is 17.8. The van der Waals surface area contributed by atoms with Gasteiger partial charge in [-0.2, -0.15) is 0 Å². The molecule has 0 spiro atoms. The minimum absolute atomic E-state index is 0.0432. The summed E-state index contributed by atoms with van der Waals surface area (Å²) in [6, 6.07) is 11.8. The van der Waals surface area contributed by atoms with Crippen molar-refractivity contribution in [2.75, 3.05) is 18.2 Å². The van der Waals surface area contributed by atoms with E-state index in [1.807, 2.05) is 11.8 Å². The van der Waals surface area contributed by atoms with E-state index in [2.05, 4.69) is 5.10 Å². The molecule has 3 aliphatic rings. The van der Waals surface area contributed by atoms with Crippen LogP contribution in [0.2, 0.25) is 5.02 Å². The Kier molecular flexibility index (Phi) is 5.60. The van der Waals surface area contributed by atoms with E-state index in [0.29, 0.717) is 40.1 Å². The third kappa shape index (κ3) is 3.72. The van der Waals surface area contributed by atoms with E-state index >= 15 is 0 Å². The highest BCUT2D eigenvalue weighted by Gasteiger charge is 2.46. The van der Waals surface area contributed by atoms with Crippen LogP contribution in [0.3, 0.4) is 0 Å². The van der Waals surface area contributed by atoms with Gasteiger partial charge in [0.2, 0.25) is 6.79 Å². The molecule has 9 nitrogen and oxygen atoms in total. The lowest BCUT2D eigenvalue weighted by Gasteiger charge is -2.35. The fourth-order valence-corrected chi connectivity index (χ4v) is 5.52. The first-order valence-electron chi connectivity index (χ1n) is 12.2. The molecule has 190 valence electrons. The van der Waals surface area contributed by atoms with Crippen LogP contribution < -0.4 is 19.9 Å². The van der Waals surface area contributed by atoms with Crippen molar-refractivity contribution in [2.45, 2.75) is 39.2 Å². The quantitative estimate of drug-likeness (QED) is 0.522. The number of carbonyl (C=O) groups is 2. The number of nitrogens with one attached hydrogen (secondary N) is 1. The number of amides is 2. The largest absolute Gasteiger partial charge is 0.454 e. The molecule has 1 saturated heterocycles. The van der Waals surface area contributed by atoms with Crippen LogP contribution in [0.25, 0.3) is 11.3 Å². The fourth-order valence-electron chi connectivity index (χ4n) is 5.34. The van der Waals surface area contributed by atoms with Crippen molar-refractivity contribution < 1.29 is 19.1 Å². The summed E-state index contributed by atoms with van der Waals surface area (Å²) in [7, 11) is 0. The van der Waals surface area contributed by atoms with Gasteiger partial charge >= 0.3 is 0 Å². The standard InChI is InChI=1S/C27H25ClN4O5/c1-15-6-3-4-11-30(15)24-23(22-16(2)29-32(26(22)34)19-8-5-7-17(28)12-19)25(33)31(27(24)35)18-9-10-20-21(13-18)37-14-36-20/h5,7-10,12-13,15,29H,3-4,6,11,14H2,1-2H3. The van der Waals surface area contributed by atoms with E-state index in [-0.39, 0.29) is 29.7 Å². The number of hydrogen-bond donors (Lipinski definition) is 1. The Balaban J connectivity index is 1.52. The number of nitrogens with zero attached hydrogens (tertiary/aromatic N) is 3. The van der Waals surface area contributed by atoms with Gasteiger partial charge in [0.1, 0.15) is 5.70 Å². The molecule has 37 heavy (non-hydrogen) atoms. The summed E-state index contributed by atoms with van der Waals surface area (Å²) < 4.78 is 12.2. The number of aromatic amines is 1. The van der Waals surface area contributed by atoms with Crippen molar-refractivity contribution in [2.24, 2.45) is 0 Å². The summed E-state index contributed by atoms with van der Waals surface area (Å²) in [5.74, 6) is 0.00312. The molecule has 1 atom stereocenters. The van der Waals surface area contributed by atoms with Gasteiger partial charge in [-0.05, 0) is 63.4 Å². The summed E-state index contributed by atoms with van der Waals surface area (Å²) in [6.45, 7) is 4.47. The van der Waals surface area contributed by atoms with E-state index in [0.717, 1.165) is 24.2 Å². The number of anilines is 1. The first-order valence-corrected chi connectivity index (χ1v) is 12.6. The predicted octanol–water partition coefficient (Wildman–Crippen LogP) is 4.02. The highest BCUT2D eigenvalue weighted by molar-refractivity contribution is 6.45. The van der Waals surface area contributed by atoms with Crippen molar-refractivity contribution >= 4 is 34.7 Å². The Morgan fingerprint density at radius 1 is 0.973 bits per heavy atom. The second-order valence-corrected chi connectivity index (χ2v) is 9.91. The van der Waals surface area contributed by atoms with Crippen LogP contribution >= 0.6 is 11.6 Å². The maximum atomic E-state index is 14.0. The number of hydrogen-bond acceptors (Lipinski definition) is 6. The highest BCUT2D eigenvalue weighted by Crippen LogP contribution is 2.41. The van der Waals surface area contributed by atoms with Gasteiger partial charge in [-0.3, -0.25) is 19.5 Å². The Hall–Kier alpha value is -3.98. The predicted molar refractivity (Wildman–Crippen MR) is 138 cm³/mol. The summed E-state index contributed by atoms with van der Waals surface area (Å²) in [6.07, 6.45) is 2.83. The summed E-state index contributed by atoms with van der Waals surface area (Å²) in [4.78, 5) is 44.9. The molecule has 1 aromatic heterocycles. The van der Waals surface area contributed by atoms with Gasteiger partial charge in [-0.15, -0.1) is 0 Å². The molecule has 2 amide bonds. The lowest BCUT2D eigenvalue weighted by atomic mass is 9.99. The summed E-state index contributed by atoms with van der Waals surface area (Å²) in [5, 5.41) is 3.54. The maximum Gasteiger partial charge on any atom is 0.282 e. The third-order valence-electron chi connectivity index (χ3n) is 7.15. The highest BCUT2D eigenvalue weighted by atomic mass is 35.5. The molecule has 0 saturated carbocycles. The van der Waals surface area contributed by atoms with Gasteiger partial charge in [0.15, 0.2) is 11.5 Å². The molecule has 1 unspecified atom stereocenters. The normalized spacial score (nSPS) is 19.4. The zero-order chi connectivity index (χ0) is 25.8. The number of aryl methyl sites for hydroxylation is 1. The van der Waals surface area contributed by atoms with E-state index < -0.39 is 17.4 Å². The van der Waals surface area contributed by atoms with Gasteiger partial charge in [-0.25, -0.2) is 9.58 Å². The van der Waals surface area contributed by atoms with Gasteiger partial charge in [-0.1, -0.05) is 17.7 Å². The molecule has 10 heteroatoms. The smallest absolute Gasteiger partial charge is 0.282 e. The Morgan fingerprint density at radius 3 is 2.57 bits per heavy atom. The van der Waals surface area contributed by atoms with Crippen LogP contribution in [-0.2, 0) is 9.59 Å². The minimum atomic E-state index is -0.547. The van der Waals surface area contributed by atoms with Crippen molar-refractivity contribution in [3.8, 4) is 17.2 Å². The second-order valence-electron chi connectivity index (χ2n) is 9.48. The SMILES string of the molecule is Cc1[nH]n(-c2cccc(Cl)c2)c(=O)c1C1=C(N2CCCCC2C)C(=O)N(c2ccc3c(c2)OCO3)C1=O. The van der Waals surface area contributed by atoms with Crippen molar-refractivity contribution in [3.63, 3.8) is 0 Å². The monoisotopic (exact) mass is 520 g/mol. The van der Waals surface area contributed by atoms with E-state index in [4.69, 9.17) is 21.1 Å². The molecule has 1 fully saturated rings. The number of ether oxygens (including phenoxy) is 2. The Labute approximate surface area is 217 Å². The topological polar surface area (TPSA) is 96.9 Å². The number of carbonyl (C=O) groups excluding carboxylic acids is 2. The average Bonchev–Trinajstić information content (AvgIpc) is 3.53. The van der Waals surface area contributed by atoms with Crippen molar-refractivity contribution in [3.05, 3.63) is 74.8 Å². The van der Waals surface area contributed by atoms with Crippen LogP contribution in [0, 0.1) is 6.92 Å². The van der Waals surface area contributed by atoms with E-state index in [1.54, 1.807) is 49.4 Å². The number of piperidine rings is 1. The molecule has 3 aromatic rings. The van der Waals surface area contributed by atoms with Crippen LogP contribution in [-0.4, -0.2) is 45.9 Å². The van der Waals surface area contributed by atoms with Crippen molar-refractivity contribution in [1.29, 1.82) is 0 Å². The number of H-pyrrole nitrogens is 1. The molecule has 3 aliphatic heterocycles. The maximum absolute atomic E-state index is 14.0. The fraction of sp³-hybridized carbons (Fsp3) is 0.296. The molecule has 4 heterocycles. The van der Waals surface area contributed by atoms with Crippen LogP contribution in [0.15, 0.2) is 53.0 Å². The number of rotatable bonds is 4. The number of imide groups is 1. The zero-order valence-electron chi connectivity index (χ0n) is 20.4. The van der Waals surface area contributed by atoms with Crippen LogP contribution in [0.1, 0.15) is 37.4 Å². The summed E-state index contributed by atoms with van der Waals surface area (Å²) >= 11 is 6.16. The molecule has 6 rings (SSSR count).